The molecule has 1 heterocycles. The van der Waals surface area contributed by atoms with Gasteiger partial charge in [0.1, 0.15) is 5.76 Å². The predicted molar refractivity (Wildman–Crippen MR) is 95.0 cm³/mol. The highest BCUT2D eigenvalue weighted by Gasteiger charge is 2.24. The summed E-state index contributed by atoms with van der Waals surface area (Å²) in [5.74, 6) is 0.415. The molecule has 1 N–H and O–H groups in total. The Balaban J connectivity index is 2.26. The van der Waals surface area contributed by atoms with Crippen LogP contribution in [0, 0.1) is 6.92 Å². The Kier molecular flexibility index (Phi) is 6.33. The number of hydrogen-bond acceptors (Lipinski definition) is 5. The lowest BCUT2D eigenvalue weighted by Crippen LogP contribution is -2.32. The molecule has 8 heteroatoms. The average molecular weight is 365 g/mol. The van der Waals surface area contributed by atoms with Crippen molar-refractivity contribution in [2.45, 2.75) is 38.5 Å². The number of carbonyl (C=O) groups excluding carboxylic acids is 1. The van der Waals surface area contributed by atoms with Crippen molar-refractivity contribution >= 4 is 21.7 Å². The first-order valence-corrected chi connectivity index (χ1v) is 9.67. The monoisotopic (exact) mass is 365 g/mol. The highest BCUT2D eigenvalue weighted by molar-refractivity contribution is 7.89. The van der Waals surface area contributed by atoms with Crippen LogP contribution < -0.4 is 5.32 Å². The third-order valence-corrected chi connectivity index (χ3v) is 5.44. The summed E-state index contributed by atoms with van der Waals surface area (Å²) in [6.07, 6.45) is 1.45. The molecule has 0 spiro atoms. The molecular formula is C17H23N3O4S. The minimum Gasteiger partial charge on any atom is -0.360 e. The second-order valence-electron chi connectivity index (χ2n) is 5.71. The van der Waals surface area contributed by atoms with Gasteiger partial charge in [-0.15, -0.1) is 0 Å². The Morgan fingerprint density at radius 3 is 2.44 bits per heavy atom. The van der Waals surface area contributed by atoms with E-state index >= 15 is 0 Å². The van der Waals surface area contributed by atoms with Crippen molar-refractivity contribution in [3.63, 3.8) is 0 Å². The van der Waals surface area contributed by atoms with Gasteiger partial charge in [0.05, 0.1) is 4.90 Å². The molecule has 0 aliphatic rings. The van der Waals surface area contributed by atoms with E-state index in [0.29, 0.717) is 18.8 Å². The number of hydrogen-bond donors (Lipinski definition) is 1. The molecule has 7 nitrogen and oxygen atoms in total. The van der Waals surface area contributed by atoms with Gasteiger partial charge in [-0.25, -0.2) is 8.42 Å². The number of aromatic nitrogens is 1. The molecule has 1 amide bonds. The lowest BCUT2D eigenvalue weighted by atomic mass is 10.2. The normalized spacial score (nSPS) is 11.7. The van der Waals surface area contributed by atoms with Gasteiger partial charge in [0.15, 0.2) is 5.82 Å². The molecule has 136 valence electrons. The molecule has 0 saturated carbocycles. The van der Waals surface area contributed by atoms with Crippen LogP contribution in [0.15, 0.2) is 39.8 Å². The van der Waals surface area contributed by atoms with Crippen LogP contribution in [-0.2, 0) is 10.0 Å². The number of nitrogens with one attached hydrogen (secondary N) is 1. The smallest absolute Gasteiger partial charge is 0.256 e. The van der Waals surface area contributed by atoms with Crippen LogP contribution in [0.3, 0.4) is 0 Å². The van der Waals surface area contributed by atoms with Crippen molar-refractivity contribution in [3.05, 3.63) is 41.7 Å². The van der Waals surface area contributed by atoms with Gasteiger partial charge >= 0.3 is 0 Å². The summed E-state index contributed by atoms with van der Waals surface area (Å²) in [5, 5.41) is 6.28. The third-order valence-electron chi connectivity index (χ3n) is 3.55. The van der Waals surface area contributed by atoms with Crippen LogP contribution >= 0.6 is 0 Å². The van der Waals surface area contributed by atoms with E-state index in [4.69, 9.17) is 4.52 Å². The van der Waals surface area contributed by atoms with Crippen LogP contribution in [0.1, 0.15) is 42.8 Å². The average Bonchev–Trinajstić information content (AvgIpc) is 2.99. The minimum atomic E-state index is -3.63. The summed E-state index contributed by atoms with van der Waals surface area (Å²) in [4.78, 5) is 12.4. The van der Waals surface area contributed by atoms with Gasteiger partial charge in [-0.05, 0) is 38.0 Å². The van der Waals surface area contributed by atoms with Crippen LogP contribution in [0.4, 0.5) is 5.82 Å². The van der Waals surface area contributed by atoms with E-state index in [2.05, 4.69) is 10.5 Å². The van der Waals surface area contributed by atoms with Gasteiger partial charge in [-0.3, -0.25) is 4.79 Å². The van der Waals surface area contributed by atoms with Crippen molar-refractivity contribution in [3.8, 4) is 0 Å². The number of anilines is 1. The summed E-state index contributed by atoms with van der Waals surface area (Å²) in [5.41, 5.74) is 0.245. The minimum absolute atomic E-state index is 0.110. The molecule has 0 unspecified atom stereocenters. The Morgan fingerprint density at radius 1 is 1.20 bits per heavy atom. The zero-order valence-electron chi connectivity index (χ0n) is 14.7. The fraction of sp³-hybridized carbons (Fsp3) is 0.412. The fourth-order valence-corrected chi connectivity index (χ4v) is 4.08. The Labute approximate surface area is 148 Å². The van der Waals surface area contributed by atoms with Crippen LogP contribution in [0.5, 0.6) is 0 Å². The molecular weight excluding hydrogens is 342 g/mol. The summed E-state index contributed by atoms with van der Waals surface area (Å²) in [6.45, 7) is 6.48. The SMILES string of the molecule is CCCN(CCC)S(=O)(=O)c1cccc(C(=O)Nc2cc(C)on2)c1. The molecule has 1 aromatic heterocycles. The number of rotatable bonds is 8. The molecule has 0 aliphatic heterocycles. The van der Waals surface area contributed by atoms with Crippen LogP contribution in [0.2, 0.25) is 0 Å². The summed E-state index contributed by atoms with van der Waals surface area (Å²) in [7, 11) is -3.63. The van der Waals surface area contributed by atoms with Gasteiger partial charge in [-0.1, -0.05) is 25.1 Å². The highest BCUT2D eigenvalue weighted by atomic mass is 32.2. The second kappa shape index (κ2) is 8.26. The zero-order valence-corrected chi connectivity index (χ0v) is 15.5. The maximum Gasteiger partial charge on any atom is 0.256 e. The van der Waals surface area contributed by atoms with E-state index in [1.807, 2.05) is 13.8 Å². The standard InChI is InChI=1S/C17H23N3O4S/c1-4-9-20(10-5-2)25(22,23)15-8-6-7-14(12-15)17(21)18-16-11-13(3)24-19-16/h6-8,11-12H,4-5,9-10H2,1-3H3,(H,18,19,21). The molecule has 0 radical (unpaired) electrons. The number of amides is 1. The van der Waals surface area contributed by atoms with E-state index < -0.39 is 15.9 Å². The first-order chi connectivity index (χ1) is 11.9. The topological polar surface area (TPSA) is 92.5 Å². The van der Waals surface area contributed by atoms with E-state index in [9.17, 15) is 13.2 Å². The molecule has 2 rings (SSSR count). The van der Waals surface area contributed by atoms with Crippen molar-refractivity contribution < 1.29 is 17.7 Å². The molecule has 1 aromatic carbocycles. The van der Waals surface area contributed by atoms with Crippen molar-refractivity contribution in [1.29, 1.82) is 0 Å². The lowest BCUT2D eigenvalue weighted by Gasteiger charge is -2.21. The van der Waals surface area contributed by atoms with Crippen molar-refractivity contribution in [1.82, 2.24) is 9.46 Å². The van der Waals surface area contributed by atoms with Crippen molar-refractivity contribution in [2.24, 2.45) is 0 Å². The van der Waals surface area contributed by atoms with E-state index in [1.165, 1.54) is 16.4 Å². The number of nitrogens with zero attached hydrogens (tertiary/aromatic N) is 2. The Bertz CT molecular complexity index is 824. The molecule has 0 aliphatic carbocycles. The molecule has 25 heavy (non-hydrogen) atoms. The lowest BCUT2D eigenvalue weighted by molar-refractivity contribution is 0.102. The van der Waals surface area contributed by atoms with Gasteiger partial charge in [-0.2, -0.15) is 4.31 Å². The van der Waals surface area contributed by atoms with Crippen LogP contribution in [0.25, 0.3) is 0 Å². The highest BCUT2D eigenvalue weighted by Crippen LogP contribution is 2.19. The maximum absolute atomic E-state index is 12.8. The molecule has 2 aromatic rings. The van der Waals surface area contributed by atoms with Gasteiger partial charge in [0.2, 0.25) is 10.0 Å². The first-order valence-electron chi connectivity index (χ1n) is 8.23. The van der Waals surface area contributed by atoms with E-state index in [1.54, 1.807) is 25.1 Å². The van der Waals surface area contributed by atoms with Crippen molar-refractivity contribution in [2.75, 3.05) is 18.4 Å². The van der Waals surface area contributed by atoms with Gasteiger partial charge in [0, 0.05) is 24.7 Å². The Hall–Kier alpha value is -2.19. The van der Waals surface area contributed by atoms with Gasteiger partial charge < -0.3 is 9.84 Å². The quantitative estimate of drug-likeness (QED) is 0.776. The predicted octanol–water partition coefficient (Wildman–Crippen LogP) is 3.05. The van der Waals surface area contributed by atoms with E-state index in [0.717, 1.165) is 12.8 Å². The number of carbonyl (C=O) groups is 1. The largest absolute Gasteiger partial charge is 0.360 e. The molecule has 0 bridgehead atoms. The number of sulfonamides is 1. The zero-order chi connectivity index (χ0) is 18.4. The summed E-state index contributed by atoms with van der Waals surface area (Å²) < 4.78 is 32.0. The first kappa shape index (κ1) is 19.1. The number of aryl methyl sites for hydroxylation is 1. The number of benzene rings is 1. The fourth-order valence-electron chi connectivity index (χ4n) is 2.41. The molecule has 0 fully saturated rings. The van der Waals surface area contributed by atoms with Gasteiger partial charge in [0.25, 0.3) is 5.91 Å². The summed E-state index contributed by atoms with van der Waals surface area (Å²) in [6, 6.07) is 7.60. The van der Waals surface area contributed by atoms with E-state index in [-0.39, 0.29) is 16.3 Å². The molecule has 0 atom stereocenters. The second-order valence-corrected chi connectivity index (χ2v) is 7.65. The van der Waals surface area contributed by atoms with Crippen LogP contribution in [-0.4, -0.2) is 36.9 Å². The summed E-state index contributed by atoms with van der Waals surface area (Å²) >= 11 is 0. The third kappa shape index (κ3) is 4.67. The maximum atomic E-state index is 12.8. The molecule has 0 saturated heterocycles. The Morgan fingerprint density at radius 2 is 1.88 bits per heavy atom.